The smallest absolute Gasteiger partial charge is 0.311 e. The lowest BCUT2D eigenvalue weighted by Gasteiger charge is -2.04. The first-order valence-corrected chi connectivity index (χ1v) is 9.56. The fourth-order valence-electron chi connectivity index (χ4n) is 3.09. The molecular weight excluding hydrogens is 424 g/mol. The normalized spacial score (nSPS) is 11.4. The molecule has 10 heteroatoms. The van der Waals surface area contributed by atoms with E-state index in [4.69, 9.17) is 16.3 Å². The number of nitro groups is 1. The van der Waals surface area contributed by atoms with Gasteiger partial charge >= 0.3 is 5.97 Å². The van der Waals surface area contributed by atoms with Crippen LogP contribution in [-0.2, 0) is 16.0 Å². The van der Waals surface area contributed by atoms with E-state index in [2.05, 4.69) is 10.1 Å². The molecule has 3 aromatic rings. The Morgan fingerprint density at radius 3 is 2.52 bits per heavy atom. The molecule has 0 radical (unpaired) electrons. The summed E-state index contributed by atoms with van der Waals surface area (Å²) in [5.74, 6) is -0.533. The lowest BCUT2D eigenvalue weighted by atomic mass is 10.1. The monoisotopic (exact) mass is 442 g/mol. The molecule has 9 nitrogen and oxygen atoms in total. The first-order chi connectivity index (χ1) is 14.7. The molecule has 160 valence electrons. The van der Waals surface area contributed by atoms with Crippen molar-refractivity contribution >= 4 is 34.7 Å². The van der Waals surface area contributed by atoms with Crippen molar-refractivity contribution in [3.8, 4) is 5.69 Å². The van der Waals surface area contributed by atoms with Crippen LogP contribution < -0.4 is 5.56 Å². The number of aliphatic imine (C=N–C) groups is 1. The van der Waals surface area contributed by atoms with Crippen molar-refractivity contribution in [2.24, 2.45) is 4.99 Å². The molecule has 0 saturated heterocycles. The van der Waals surface area contributed by atoms with Gasteiger partial charge in [0.05, 0.1) is 46.8 Å². The quantitative estimate of drug-likeness (QED) is 0.269. The molecule has 0 aliphatic heterocycles. The zero-order valence-electron chi connectivity index (χ0n) is 17.0. The van der Waals surface area contributed by atoms with Crippen LogP contribution >= 0.6 is 11.6 Å². The molecule has 0 atom stereocenters. The van der Waals surface area contributed by atoms with Gasteiger partial charge in [-0.05, 0) is 49.7 Å². The summed E-state index contributed by atoms with van der Waals surface area (Å²) in [6.07, 6.45) is -0.173. The number of methoxy groups -OCH3 is 1. The van der Waals surface area contributed by atoms with Crippen LogP contribution in [0.2, 0.25) is 5.02 Å². The van der Waals surface area contributed by atoms with Gasteiger partial charge in [0.15, 0.2) is 0 Å². The third kappa shape index (κ3) is 4.72. The van der Waals surface area contributed by atoms with Crippen molar-refractivity contribution in [2.75, 3.05) is 7.11 Å². The molecule has 0 spiro atoms. The average molecular weight is 443 g/mol. The Bertz CT molecular complexity index is 1240. The lowest BCUT2D eigenvalue weighted by Crippen LogP contribution is -2.20. The summed E-state index contributed by atoms with van der Waals surface area (Å²) in [6, 6.07) is 10.7. The van der Waals surface area contributed by atoms with Crippen molar-refractivity contribution in [1.82, 2.24) is 9.78 Å². The summed E-state index contributed by atoms with van der Waals surface area (Å²) >= 11 is 6.00. The molecule has 0 amide bonds. The largest absolute Gasteiger partial charge is 0.469 e. The number of nitrogens with one attached hydrogen (secondary N) is 1. The van der Waals surface area contributed by atoms with E-state index in [0.29, 0.717) is 27.8 Å². The van der Waals surface area contributed by atoms with Gasteiger partial charge in [-0.2, -0.15) is 0 Å². The summed E-state index contributed by atoms with van der Waals surface area (Å²) in [7, 11) is 1.26. The number of ether oxygens (including phenoxy) is 1. The maximum absolute atomic E-state index is 13.2. The molecule has 0 fully saturated rings. The number of aromatic nitrogens is 2. The standard InChI is InChI=1S/C21H19ClN4O5/c1-12-10-14(22)4-9-17(12)23-13(2)20-18(11-19(27)31-3)24-25(21(20)28)15-5-7-16(8-6-15)26(29)30/h4-10,24H,11H2,1-3H3. The van der Waals surface area contributed by atoms with Crippen molar-refractivity contribution in [3.63, 3.8) is 0 Å². The van der Waals surface area contributed by atoms with Gasteiger partial charge in [0.25, 0.3) is 11.2 Å². The van der Waals surface area contributed by atoms with Gasteiger partial charge in [-0.25, -0.2) is 4.68 Å². The topological polar surface area (TPSA) is 120 Å². The lowest BCUT2D eigenvalue weighted by molar-refractivity contribution is -0.384. The maximum Gasteiger partial charge on any atom is 0.311 e. The van der Waals surface area contributed by atoms with Crippen molar-refractivity contribution < 1.29 is 14.5 Å². The minimum Gasteiger partial charge on any atom is -0.469 e. The summed E-state index contributed by atoms with van der Waals surface area (Å²) in [5.41, 5.74) is 2.23. The van der Waals surface area contributed by atoms with E-state index in [0.717, 1.165) is 5.56 Å². The highest BCUT2D eigenvalue weighted by Gasteiger charge is 2.21. The van der Waals surface area contributed by atoms with E-state index < -0.39 is 16.5 Å². The number of nitrogens with zero attached hydrogens (tertiary/aromatic N) is 3. The molecule has 3 rings (SSSR count). The Morgan fingerprint density at radius 1 is 1.26 bits per heavy atom. The van der Waals surface area contributed by atoms with E-state index in [1.165, 1.54) is 36.1 Å². The van der Waals surface area contributed by atoms with Gasteiger partial charge in [-0.1, -0.05) is 11.6 Å². The molecule has 1 N–H and O–H groups in total. The third-order valence-corrected chi connectivity index (χ3v) is 4.88. The van der Waals surface area contributed by atoms with Crippen molar-refractivity contribution in [2.45, 2.75) is 20.3 Å². The van der Waals surface area contributed by atoms with Crippen LogP contribution in [0.25, 0.3) is 5.69 Å². The highest BCUT2D eigenvalue weighted by molar-refractivity contribution is 6.30. The Balaban J connectivity index is 2.13. The van der Waals surface area contributed by atoms with Gasteiger partial charge < -0.3 is 4.74 Å². The van der Waals surface area contributed by atoms with Crippen LogP contribution in [-0.4, -0.2) is 33.5 Å². The maximum atomic E-state index is 13.2. The molecule has 0 aliphatic carbocycles. The highest BCUT2D eigenvalue weighted by Crippen LogP contribution is 2.24. The number of esters is 1. The van der Waals surface area contributed by atoms with Gasteiger partial charge in [0.1, 0.15) is 0 Å². The predicted octanol–water partition coefficient (Wildman–Crippen LogP) is 3.89. The molecule has 2 aromatic carbocycles. The Morgan fingerprint density at radius 2 is 1.94 bits per heavy atom. The van der Waals surface area contributed by atoms with E-state index in [-0.39, 0.29) is 17.7 Å². The van der Waals surface area contributed by atoms with Gasteiger partial charge in [-0.3, -0.25) is 29.8 Å². The number of carbonyl (C=O) groups excluding carboxylic acids is 1. The van der Waals surface area contributed by atoms with Crippen LogP contribution in [0.3, 0.4) is 0 Å². The molecule has 0 aliphatic rings. The van der Waals surface area contributed by atoms with E-state index >= 15 is 0 Å². The first-order valence-electron chi connectivity index (χ1n) is 9.18. The van der Waals surface area contributed by atoms with Crippen molar-refractivity contribution in [3.05, 3.63) is 84.8 Å². The minimum atomic E-state index is -0.533. The number of benzene rings is 2. The van der Waals surface area contributed by atoms with Crippen LogP contribution in [0, 0.1) is 17.0 Å². The molecule has 0 bridgehead atoms. The second kappa shape index (κ2) is 8.97. The minimum absolute atomic E-state index is 0.102. The highest BCUT2D eigenvalue weighted by atomic mass is 35.5. The molecule has 1 aromatic heterocycles. The molecule has 31 heavy (non-hydrogen) atoms. The SMILES string of the molecule is COC(=O)Cc1[nH]n(-c2ccc([N+](=O)[O-])cc2)c(=O)c1C(C)=Nc1ccc(Cl)cc1C. The fourth-order valence-corrected chi connectivity index (χ4v) is 3.31. The Hall–Kier alpha value is -3.72. The van der Waals surface area contributed by atoms with Crippen LogP contribution in [0.5, 0.6) is 0 Å². The Labute approximate surface area is 182 Å². The zero-order valence-corrected chi connectivity index (χ0v) is 17.8. The van der Waals surface area contributed by atoms with Crippen molar-refractivity contribution in [1.29, 1.82) is 0 Å². The summed E-state index contributed by atoms with van der Waals surface area (Å²) in [6.45, 7) is 3.51. The third-order valence-electron chi connectivity index (χ3n) is 4.64. The van der Waals surface area contributed by atoms with Crippen LogP contribution in [0.1, 0.15) is 23.7 Å². The first kappa shape index (κ1) is 22.0. The number of non-ortho nitro benzene ring substituents is 1. The van der Waals surface area contributed by atoms with E-state index in [1.807, 2.05) is 6.92 Å². The summed E-state index contributed by atoms with van der Waals surface area (Å²) in [4.78, 5) is 40.0. The number of carbonyl (C=O) groups is 1. The molecule has 0 saturated carbocycles. The number of H-pyrrole nitrogens is 1. The van der Waals surface area contributed by atoms with E-state index in [1.54, 1.807) is 25.1 Å². The number of nitro benzene ring substituents is 1. The number of rotatable bonds is 6. The number of aromatic amines is 1. The van der Waals surface area contributed by atoms with Crippen LogP contribution in [0.4, 0.5) is 11.4 Å². The van der Waals surface area contributed by atoms with Gasteiger partial charge in [0.2, 0.25) is 0 Å². The summed E-state index contributed by atoms with van der Waals surface area (Å²) < 4.78 is 5.95. The van der Waals surface area contributed by atoms with Gasteiger partial charge in [0, 0.05) is 17.2 Å². The molecular formula is C21H19ClN4O5. The molecule has 0 unspecified atom stereocenters. The fraction of sp³-hybridized carbons (Fsp3) is 0.190. The second-order valence-corrected chi connectivity index (χ2v) is 7.20. The number of aryl methyl sites for hydroxylation is 1. The zero-order chi connectivity index (χ0) is 22.7. The summed E-state index contributed by atoms with van der Waals surface area (Å²) in [5, 5.41) is 14.4. The average Bonchev–Trinajstić information content (AvgIpc) is 3.05. The number of hydrogen-bond donors (Lipinski definition) is 1. The van der Waals surface area contributed by atoms with Crippen LogP contribution in [0.15, 0.2) is 52.3 Å². The van der Waals surface area contributed by atoms with Gasteiger partial charge in [-0.15, -0.1) is 0 Å². The Kier molecular flexibility index (Phi) is 6.36. The number of hydrogen-bond acceptors (Lipinski definition) is 6. The number of halogens is 1. The molecule has 1 heterocycles. The van der Waals surface area contributed by atoms with E-state index in [9.17, 15) is 19.7 Å². The predicted molar refractivity (Wildman–Crippen MR) is 117 cm³/mol. The second-order valence-electron chi connectivity index (χ2n) is 6.76.